The molecule has 1 atom stereocenters. The molecule has 0 bridgehead atoms. The third-order valence-corrected chi connectivity index (χ3v) is 6.69. The number of fused-ring (bicyclic) bond motifs is 1. The second kappa shape index (κ2) is 9.25. The number of anilines is 2. The van der Waals surface area contributed by atoms with Gasteiger partial charge in [-0.3, -0.25) is 9.59 Å². The summed E-state index contributed by atoms with van der Waals surface area (Å²) in [6, 6.07) is 9.48. The smallest absolute Gasteiger partial charge is 0.240 e. The van der Waals surface area contributed by atoms with Crippen LogP contribution in [0, 0.1) is 0 Å². The molecule has 2 aromatic carbocycles. The average molecular weight is 466 g/mol. The molecule has 2 amide bonds. The standard InChI is InChI=1S/C21H24ClN3O5S/c1-13-10-15-11-17(5-6-19(15)25(13)14(2)26)31(28,29)23-9-8-21(27)24-18-12-16(22)4-7-20(18)30-3/h4-7,11-13,23H,8-10H2,1-3H3,(H,24,27)/t13-/m1/s1. The van der Waals surface area contributed by atoms with Crippen LogP contribution in [0.3, 0.4) is 0 Å². The third kappa shape index (κ3) is 5.17. The predicted octanol–water partition coefficient (Wildman–Crippen LogP) is 2.95. The van der Waals surface area contributed by atoms with E-state index < -0.39 is 10.0 Å². The van der Waals surface area contributed by atoms with Crippen LogP contribution >= 0.6 is 11.6 Å². The number of rotatable bonds is 7. The van der Waals surface area contributed by atoms with Crippen molar-refractivity contribution in [2.45, 2.75) is 37.6 Å². The molecule has 0 saturated heterocycles. The molecule has 2 aromatic rings. The van der Waals surface area contributed by atoms with E-state index in [9.17, 15) is 18.0 Å². The molecule has 0 saturated carbocycles. The van der Waals surface area contributed by atoms with Crippen LogP contribution in [-0.4, -0.2) is 39.9 Å². The second-order valence-corrected chi connectivity index (χ2v) is 9.48. The van der Waals surface area contributed by atoms with Gasteiger partial charge in [-0.1, -0.05) is 11.6 Å². The van der Waals surface area contributed by atoms with Crippen molar-refractivity contribution in [1.82, 2.24) is 4.72 Å². The fraction of sp³-hybridized carbons (Fsp3) is 0.333. The van der Waals surface area contributed by atoms with Gasteiger partial charge in [0.05, 0.1) is 17.7 Å². The number of nitrogens with one attached hydrogen (secondary N) is 2. The highest BCUT2D eigenvalue weighted by Crippen LogP contribution is 2.34. The Kier molecular flexibility index (Phi) is 6.88. The average Bonchev–Trinajstić information content (AvgIpc) is 3.03. The van der Waals surface area contributed by atoms with Crippen LogP contribution in [0.5, 0.6) is 5.75 Å². The number of nitrogens with zero attached hydrogens (tertiary/aromatic N) is 1. The van der Waals surface area contributed by atoms with Gasteiger partial charge < -0.3 is 15.0 Å². The fourth-order valence-electron chi connectivity index (χ4n) is 3.63. The van der Waals surface area contributed by atoms with Crippen LogP contribution in [-0.2, 0) is 26.0 Å². The summed E-state index contributed by atoms with van der Waals surface area (Å²) in [4.78, 5) is 25.8. The van der Waals surface area contributed by atoms with Gasteiger partial charge in [0.25, 0.3) is 0 Å². The number of sulfonamides is 1. The largest absolute Gasteiger partial charge is 0.495 e. The molecule has 166 valence electrons. The molecule has 1 heterocycles. The molecule has 2 N–H and O–H groups in total. The number of methoxy groups -OCH3 is 1. The monoisotopic (exact) mass is 465 g/mol. The predicted molar refractivity (Wildman–Crippen MR) is 119 cm³/mol. The van der Waals surface area contributed by atoms with Crippen LogP contribution in [0.25, 0.3) is 0 Å². The lowest BCUT2D eigenvalue weighted by molar-refractivity contribution is -0.117. The van der Waals surface area contributed by atoms with Crippen molar-refractivity contribution in [3.05, 3.63) is 47.0 Å². The molecular weight excluding hydrogens is 442 g/mol. The van der Waals surface area contributed by atoms with Gasteiger partial charge in [0.2, 0.25) is 21.8 Å². The fourth-order valence-corrected chi connectivity index (χ4v) is 4.88. The maximum absolute atomic E-state index is 12.7. The van der Waals surface area contributed by atoms with Crippen LogP contribution in [0.4, 0.5) is 11.4 Å². The molecule has 1 aliphatic rings. The van der Waals surface area contributed by atoms with Crippen molar-refractivity contribution < 1.29 is 22.7 Å². The molecule has 3 rings (SSSR count). The third-order valence-electron chi connectivity index (χ3n) is 5.00. The summed E-state index contributed by atoms with van der Waals surface area (Å²) in [6.45, 7) is 3.33. The maximum Gasteiger partial charge on any atom is 0.240 e. The van der Waals surface area contributed by atoms with Gasteiger partial charge in [-0.2, -0.15) is 0 Å². The highest BCUT2D eigenvalue weighted by atomic mass is 35.5. The van der Waals surface area contributed by atoms with Gasteiger partial charge in [0.1, 0.15) is 5.75 Å². The van der Waals surface area contributed by atoms with E-state index in [-0.39, 0.29) is 35.7 Å². The van der Waals surface area contributed by atoms with Gasteiger partial charge in [0, 0.05) is 36.6 Å². The normalized spacial score (nSPS) is 15.5. The summed E-state index contributed by atoms with van der Waals surface area (Å²) in [5.74, 6) is -0.0178. The van der Waals surface area contributed by atoms with Crippen molar-refractivity contribution in [3.8, 4) is 5.75 Å². The van der Waals surface area contributed by atoms with Crippen molar-refractivity contribution in [1.29, 1.82) is 0 Å². The van der Waals surface area contributed by atoms with E-state index >= 15 is 0 Å². The zero-order valence-corrected chi connectivity index (χ0v) is 19.0. The van der Waals surface area contributed by atoms with Crippen molar-refractivity contribution in [3.63, 3.8) is 0 Å². The molecule has 0 aromatic heterocycles. The minimum absolute atomic E-state index is 0.0226. The van der Waals surface area contributed by atoms with E-state index in [1.54, 1.807) is 35.2 Å². The number of benzene rings is 2. The Bertz CT molecular complexity index is 1120. The molecule has 8 nitrogen and oxygen atoms in total. The topological polar surface area (TPSA) is 105 Å². The van der Waals surface area contributed by atoms with Gasteiger partial charge in [0.15, 0.2) is 0 Å². The lowest BCUT2D eigenvalue weighted by atomic mass is 10.1. The minimum Gasteiger partial charge on any atom is -0.495 e. The van der Waals surface area contributed by atoms with E-state index in [1.165, 1.54) is 20.1 Å². The summed E-state index contributed by atoms with van der Waals surface area (Å²) in [6.07, 6.45) is 0.511. The number of halogens is 1. The van der Waals surface area contributed by atoms with Crippen LogP contribution in [0.2, 0.25) is 5.02 Å². The van der Waals surface area contributed by atoms with E-state index in [1.807, 2.05) is 6.92 Å². The Hall–Kier alpha value is -2.62. The Morgan fingerprint density at radius 1 is 1.23 bits per heavy atom. The first-order valence-corrected chi connectivity index (χ1v) is 11.5. The SMILES string of the molecule is COc1ccc(Cl)cc1NC(=O)CCNS(=O)(=O)c1ccc2c(c1)C[C@@H](C)N2C(C)=O. The van der Waals surface area contributed by atoms with Gasteiger partial charge in [-0.25, -0.2) is 13.1 Å². The molecule has 0 fully saturated rings. The quantitative estimate of drug-likeness (QED) is 0.654. The van der Waals surface area contributed by atoms with Crippen molar-refractivity contribution in [2.75, 3.05) is 23.9 Å². The molecule has 0 spiro atoms. The van der Waals surface area contributed by atoms with E-state index in [2.05, 4.69) is 10.0 Å². The molecule has 0 radical (unpaired) electrons. The van der Waals surface area contributed by atoms with Crippen LogP contribution in [0.15, 0.2) is 41.3 Å². The van der Waals surface area contributed by atoms with Gasteiger partial charge in [-0.05, 0) is 55.3 Å². The Labute approximate surface area is 186 Å². The Balaban J connectivity index is 1.62. The molecule has 0 unspecified atom stereocenters. The number of carbonyl (C=O) groups excluding carboxylic acids is 2. The Morgan fingerprint density at radius 2 is 1.97 bits per heavy atom. The van der Waals surface area contributed by atoms with Gasteiger partial charge in [-0.15, -0.1) is 0 Å². The lowest BCUT2D eigenvalue weighted by Gasteiger charge is -2.20. The Morgan fingerprint density at radius 3 is 2.65 bits per heavy atom. The summed E-state index contributed by atoms with van der Waals surface area (Å²) >= 11 is 5.94. The van der Waals surface area contributed by atoms with Crippen LogP contribution < -0.4 is 19.7 Å². The molecule has 0 aliphatic carbocycles. The maximum atomic E-state index is 12.7. The lowest BCUT2D eigenvalue weighted by Crippen LogP contribution is -2.33. The first-order chi connectivity index (χ1) is 14.6. The van der Waals surface area contributed by atoms with E-state index in [0.717, 1.165) is 11.3 Å². The molecule has 1 aliphatic heterocycles. The van der Waals surface area contributed by atoms with Crippen LogP contribution in [0.1, 0.15) is 25.8 Å². The first-order valence-electron chi connectivity index (χ1n) is 9.68. The number of hydrogen-bond donors (Lipinski definition) is 2. The molecule has 31 heavy (non-hydrogen) atoms. The number of ether oxygens (including phenoxy) is 1. The van der Waals surface area contributed by atoms with Crippen molar-refractivity contribution in [2.24, 2.45) is 0 Å². The summed E-state index contributed by atoms with van der Waals surface area (Å²) in [7, 11) is -2.33. The van der Waals surface area contributed by atoms with E-state index in [4.69, 9.17) is 16.3 Å². The highest BCUT2D eigenvalue weighted by molar-refractivity contribution is 7.89. The first kappa shape index (κ1) is 23.1. The van der Waals surface area contributed by atoms with Gasteiger partial charge >= 0.3 is 0 Å². The second-order valence-electron chi connectivity index (χ2n) is 7.27. The summed E-state index contributed by atoms with van der Waals surface area (Å²) in [5.41, 5.74) is 1.94. The summed E-state index contributed by atoms with van der Waals surface area (Å²) in [5, 5.41) is 3.10. The zero-order chi connectivity index (χ0) is 22.8. The summed E-state index contributed by atoms with van der Waals surface area (Å²) < 4.78 is 32.9. The number of hydrogen-bond acceptors (Lipinski definition) is 5. The number of carbonyl (C=O) groups is 2. The molecular formula is C21H24ClN3O5S. The highest BCUT2D eigenvalue weighted by Gasteiger charge is 2.30. The zero-order valence-electron chi connectivity index (χ0n) is 17.4. The number of amides is 2. The minimum atomic E-state index is -3.80. The van der Waals surface area contributed by atoms with E-state index in [0.29, 0.717) is 22.9 Å². The molecule has 10 heteroatoms. The van der Waals surface area contributed by atoms with Crippen molar-refractivity contribution >= 4 is 44.8 Å².